The van der Waals surface area contributed by atoms with Crippen LogP contribution in [0.2, 0.25) is 0 Å². The fraction of sp³-hybridized carbons (Fsp3) is 0.286. The molecule has 2 heterocycles. The van der Waals surface area contributed by atoms with Crippen LogP contribution in [0.1, 0.15) is 28.9 Å². The third kappa shape index (κ3) is 2.13. The maximum absolute atomic E-state index is 12.9. The van der Waals surface area contributed by atoms with Gasteiger partial charge in [0.2, 0.25) is 0 Å². The molecule has 3 rings (SSSR count). The number of carbonyl (C=O) groups is 1. The van der Waals surface area contributed by atoms with E-state index >= 15 is 0 Å². The second-order valence-corrected chi connectivity index (χ2v) is 4.56. The lowest BCUT2D eigenvalue weighted by atomic mass is 10.1. The lowest BCUT2D eigenvalue weighted by Gasteiger charge is -2.11. The Morgan fingerprint density at radius 3 is 2.95 bits per heavy atom. The minimum Gasteiger partial charge on any atom is -0.462 e. The maximum Gasteiger partial charge on any atom is 0.343 e. The number of rotatable bonds is 3. The highest BCUT2D eigenvalue weighted by molar-refractivity contribution is 5.94. The zero-order chi connectivity index (χ0) is 14.1. The van der Waals surface area contributed by atoms with E-state index in [0.717, 1.165) is 5.56 Å². The van der Waals surface area contributed by atoms with Crippen molar-refractivity contribution >= 4 is 11.8 Å². The minimum absolute atomic E-state index is 0.0209. The first kappa shape index (κ1) is 12.7. The van der Waals surface area contributed by atoms with Crippen molar-refractivity contribution < 1.29 is 13.9 Å². The molecule has 0 radical (unpaired) electrons. The fourth-order valence-electron chi connectivity index (χ4n) is 2.30. The van der Waals surface area contributed by atoms with Crippen molar-refractivity contribution in [3.8, 4) is 0 Å². The highest BCUT2D eigenvalue weighted by atomic mass is 19.1. The molecule has 0 aliphatic carbocycles. The zero-order valence-electron chi connectivity index (χ0n) is 11.0. The first-order valence-corrected chi connectivity index (χ1v) is 6.44. The van der Waals surface area contributed by atoms with Gasteiger partial charge in [0.15, 0.2) is 0 Å². The molecule has 1 atom stereocenters. The quantitative estimate of drug-likeness (QED) is 0.874. The van der Waals surface area contributed by atoms with Gasteiger partial charge in [0, 0.05) is 0 Å². The van der Waals surface area contributed by atoms with Crippen molar-refractivity contribution in [1.82, 2.24) is 9.78 Å². The molecular formula is C14H14FN3O2. The number of ether oxygens (including phenoxy) is 1. The van der Waals surface area contributed by atoms with E-state index in [1.54, 1.807) is 23.7 Å². The Morgan fingerprint density at radius 1 is 1.50 bits per heavy atom. The topological polar surface area (TPSA) is 56.1 Å². The third-order valence-electron chi connectivity index (χ3n) is 3.27. The highest BCUT2D eigenvalue weighted by Crippen LogP contribution is 2.31. The molecule has 20 heavy (non-hydrogen) atoms. The van der Waals surface area contributed by atoms with Gasteiger partial charge in [-0.05, 0) is 24.6 Å². The van der Waals surface area contributed by atoms with Crippen LogP contribution in [-0.4, -0.2) is 22.4 Å². The summed E-state index contributed by atoms with van der Waals surface area (Å²) < 4.78 is 19.6. The number of nitrogens with zero attached hydrogens (tertiary/aromatic N) is 2. The number of carbonyl (C=O) groups excluding carboxylic acids is 1. The van der Waals surface area contributed by atoms with E-state index < -0.39 is 0 Å². The summed E-state index contributed by atoms with van der Waals surface area (Å²) in [6, 6.07) is 6.27. The average Bonchev–Trinajstić information content (AvgIpc) is 2.99. The van der Waals surface area contributed by atoms with E-state index in [9.17, 15) is 9.18 Å². The lowest BCUT2D eigenvalue weighted by Crippen LogP contribution is -2.10. The van der Waals surface area contributed by atoms with Gasteiger partial charge in [0.05, 0.1) is 25.4 Å². The first-order valence-electron chi connectivity index (χ1n) is 6.44. The van der Waals surface area contributed by atoms with Gasteiger partial charge >= 0.3 is 5.97 Å². The molecule has 1 unspecified atom stereocenters. The number of hydrogen-bond donors (Lipinski definition) is 1. The Hall–Kier alpha value is -2.37. The second-order valence-electron chi connectivity index (χ2n) is 4.56. The van der Waals surface area contributed by atoms with Crippen molar-refractivity contribution in [2.24, 2.45) is 0 Å². The van der Waals surface area contributed by atoms with Crippen LogP contribution in [0.25, 0.3) is 0 Å². The van der Waals surface area contributed by atoms with Gasteiger partial charge in [-0.3, -0.25) is 0 Å². The van der Waals surface area contributed by atoms with Crippen LogP contribution < -0.4 is 5.32 Å². The minimum atomic E-state index is -0.388. The van der Waals surface area contributed by atoms with Crippen molar-refractivity contribution in [3.05, 3.63) is 47.4 Å². The van der Waals surface area contributed by atoms with Gasteiger partial charge in [-0.2, -0.15) is 5.10 Å². The van der Waals surface area contributed by atoms with Gasteiger partial charge in [0.25, 0.3) is 0 Å². The molecule has 1 N–H and O–H groups in total. The molecule has 0 saturated heterocycles. The summed E-state index contributed by atoms with van der Waals surface area (Å²) in [6.45, 7) is 2.68. The molecule has 0 saturated carbocycles. The molecular weight excluding hydrogens is 261 g/mol. The molecule has 1 aromatic carbocycles. The van der Waals surface area contributed by atoms with Crippen molar-refractivity contribution in [3.63, 3.8) is 0 Å². The maximum atomic E-state index is 12.9. The van der Waals surface area contributed by atoms with Gasteiger partial charge in [-0.15, -0.1) is 0 Å². The van der Waals surface area contributed by atoms with Gasteiger partial charge in [0.1, 0.15) is 17.2 Å². The number of fused-ring (bicyclic) bond motifs is 1. The van der Waals surface area contributed by atoms with Crippen LogP contribution >= 0.6 is 0 Å². The predicted octanol–water partition coefficient (Wildman–Crippen LogP) is 2.37. The number of hydrogen-bond acceptors (Lipinski definition) is 4. The van der Waals surface area contributed by atoms with Crippen LogP contribution in [0.3, 0.4) is 0 Å². The van der Waals surface area contributed by atoms with E-state index in [-0.39, 0.29) is 17.8 Å². The summed E-state index contributed by atoms with van der Waals surface area (Å²) in [4.78, 5) is 11.8. The Bertz CT molecular complexity index is 636. The molecule has 0 bridgehead atoms. The Morgan fingerprint density at radius 2 is 2.25 bits per heavy atom. The number of aromatic nitrogens is 2. The smallest absolute Gasteiger partial charge is 0.343 e. The van der Waals surface area contributed by atoms with Crippen molar-refractivity contribution in [2.45, 2.75) is 19.5 Å². The van der Waals surface area contributed by atoms with Crippen LogP contribution in [0.5, 0.6) is 0 Å². The van der Waals surface area contributed by atoms with Crippen molar-refractivity contribution in [1.29, 1.82) is 0 Å². The first-order chi connectivity index (χ1) is 9.69. The zero-order valence-corrected chi connectivity index (χ0v) is 11.0. The Kier molecular flexibility index (Phi) is 3.14. The number of benzene rings is 1. The number of anilines is 1. The summed E-state index contributed by atoms with van der Waals surface area (Å²) in [7, 11) is 0. The molecule has 0 spiro atoms. The number of halogens is 1. The largest absolute Gasteiger partial charge is 0.462 e. The summed E-state index contributed by atoms with van der Waals surface area (Å²) >= 11 is 0. The Labute approximate surface area is 115 Å². The molecule has 1 aliphatic heterocycles. The summed E-state index contributed by atoms with van der Waals surface area (Å²) in [5.41, 5.74) is 1.38. The SMILES string of the molecule is CCOC(=O)c1cnn2c1NC(c1ccc(F)cc1)C2. The van der Waals surface area contributed by atoms with E-state index in [2.05, 4.69) is 10.4 Å². The van der Waals surface area contributed by atoms with E-state index in [1.807, 2.05) is 0 Å². The summed E-state index contributed by atoms with van der Waals surface area (Å²) in [6.07, 6.45) is 1.50. The van der Waals surface area contributed by atoms with Crippen LogP contribution in [0.4, 0.5) is 10.2 Å². The molecule has 104 valence electrons. The predicted molar refractivity (Wildman–Crippen MR) is 70.9 cm³/mol. The molecule has 0 amide bonds. The van der Waals surface area contributed by atoms with Crippen LogP contribution in [-0.2, 0) is 11.3 Å². The average molecular weight is 275 g/mol. The standard InChI is InChI=1S/C14H14FN3O2/c1-2-20-14(19)11-7-16-18-8-12(17-13(11)18)9-3-5-10(15)6-4-9/h3-7,12,17H,2,8H2,1H3. The third-order valence-corrected chi connectivity index (χ3v) is 3.27. The second kappa shape index (κ2) is 4.96. The van der Waals surface area contributed by atoms with Gasteiger partial charge in [-0.1, -0.05) is 12.1 Å². The molecule has 0 fully saturated rings. The highest BCUT2D eigenvalue weighted by Gasteiger charge is 2.28. The summed E-state index contributed by atoms with van der Waals surface area (Å²) in [5.74, 6) is -0.00419. The van der Waals surface area contributed by atoms with Gasteiger partial charge < -0.3 is 10.1 Å². The Balaban J connectivity index is 1.82. The monoisotopic (exact) mass is 275 g/mol. The van der Waals surface area contributed by atoms with Crippen molar-refractivity contribution in [2.75, 3.05) is 11.9 Å². The molecule has 1 aromatic heterocycles. The number of nitrogens with one attached hydrogen (secondary N) is 1. The molecule has 1 aliphatic rings. The summed E-state index contributed by atoms with van der Waals surface area (Å²) in [5, 5.41) is 7.41. The normalized spacial score (nSPS) is 16.6. The molecule has 2 aromatic rings. The molecule has 5 nitrogen and oxygen atoms in total. The fourth-order valence-corrected chi connectivity index (χ4v) is 2.30. The van der Waals surface area contributed by atoms with E-state index in [0.29, 0.717) is 24.5 Å². The van der Waals surface area contributed by atoms with E-state index in [1.165, 1.54) is 18.3 Å². The van der Waals surface area contributed by atoms with E-state index in [4.69, 9.17) is 4.74 Å². The van der Waals surface area contributed by atoms with Gasteiger partial charge in [-0.25, -0.2) is 13.9 Å². The van der Waals surface area contributed by atoms with Crippen LogP contribution in [0.15, 0.2) is 30.5 Å². The lowest BCUT2D eigenvalue weighted by molar-refractivity contribution is 0.0527. The molecule has 6 heteroatoms. The number of esters is 1. The van der Waals surface area contributed by atoms with Crippen LogP contribution in [0, 0.1) is 5.82 Å².